The van der Waals surface area contributed by atoms with Crippen LogP contribution in [-0.2, 0) is 4.74 Å². The molecule has 1 aliphatic rings. The Bertz CT molecular complexity index is 690. The summed E-state index contributed by atoms with van der Waals surface area (Å²) in [4.78, 5) is 12.1. The molecule has 120 valence electrons. The Kier molecular flexibility index (Phi) is 3.52. The van der Waals surface area contributed by atoms with Crippen LogP contribution in [0.25, 0.3) is 11.2 Å². The number of nitrogens with two attached hydrogens (primary N) is 1. The maximum absolute atomic E-state index is 10.4. The number of aromatic nitrogens is 4. The number of nitrogen functional groups attached to an aromatic ring is 1. The first-order valence-electron chi connectivity index (χ1n) is 7.00. The van der Waals surface area contributed by atoms with Gasteiger partial charge in [0.05, 0.1) is 12.9 Å². The molecule has 3 rings (SSSR count). The van der Waals surface area contributed by atoms with Crippen LogP contribution in [0.1, 0.15) is 20.1 Å². The van der Waals surface area contributed by atoms with Gasteiger partial charge in [-0.25, -0.2) is 15.0 Å². The van der Waals surface area contributed by atoms with Crippen molar-refractivity contribution in [1.29, 1.82) is 0 Å². The van der Waals surface area contributed by atoms with Crippen molar-refractivity contribution < 1.29 is 20.1 Å². The smallest absolute Gasteiger partial charge is 0.167 e. The highest BCUT2D eigenvalue weighted by Gasteiger charge is 2.56. The summed E-state index contributed by atoms with van der Waals surface area (Å²) >= 11 is 0. The molecule has 1 aliphatic heterocycles. The van der Waals surface area contributed by atoms with Crippen LogP contribution in [0.3, 0.4) is 0 Å². The largest absolute Gasteiger partial charge is 0.393 e. The minimum atomic E-state index is -1.25. The highest BCUT2D eigenvalue weighted by atomic mass is 16.6. The summed E-state index contributed by atoms with van der Waals surface area (Å²) in [6.45, 7) is 3.20. The second kappa shape index (κ2) is 5.13. The van der Waals surface area contributed by atoms with Crippen molar-refractivity contribution in [1.82, 2.24) is 19.5 Å². The fraction of sp³-hybridized carbons (Fsp3) is 0.615. The van der Waals surface area contributed by atoms with Gasteiger partial charge in [0.25, 0.3) is 0 Å². The fourth-order valence-electron chi connectivity index (χ4n) is 2.88. The molecule has 0 saturated carbocycles. The van der Waals surface area contributed by atoms with Gasteiger partial charge in [-0.05, 0) is 5.92 Å². The summed E-state index contributed by atoms with van der Waals surface area (Å²) < 4.78 is 7.34. The molecule has 0 radical (unpaired) electrons. The molecule has 4 atom stereocenters. The molecule has 3 heterocycles. The van der Waals surface area contributed by atoms with E-state index in [1.165, 1.54) is 17.2 Å². The third-order valence-corrected chi connectivity index (χ3v) is 4.34. The van der Waals surface area contributed by atoms with Crippen LogP contribution in [0.5, 0.6) is 0 Å². The molecule has 0 aliphatic carbocycles. The van der Waals surface area contributed by atoms with Gasteiger partial charge in [0.15, 0.2) is 17.7 Å². The lowest BCUT2D eigenvalue weighted by Gasteiger charge is -2.33. The van der Waals surface area contributed by atoms with Gasteiger partial charge in [-0.2, -0.15) is 0 Å². The highest BCUT2D eigenvalue weighted by Crippen LogP contribution is 2.42. The van der Waals surface area contributed by atoms with Gasteiger partial charge in [0, 0.05) is 0 Å². The molecular weight excluding hydrogens is 290 g/mol. The van der Waals surface area contributed by atoms with Gasteiger partial charge in [-0.1, -0.05) is 13.8 Å². The predicted molar refractivity (Wildman–Crippen MR) is 76.5 cm³/mol. The summed E-state index contributed by atoms with van der Waals surface area (Å²) in [7, 11) is 0. The van der Waals surface area contributed by atoms with Crippen LogP contribution < -0.4 is 5.73 Å². The molecule has 2 unspecified atom stereocenters. The zero-order chi connectivity index (χ0) is 16.1. The van der Waals surface area contributed by atoms with Crippen molar-refractivity contribution in [2.45, 2.75) is 37.9 Å². The average molecular weight is 309 g/mol. The lowest BCUT2D eigenvalue weighted by Crippen LogP contribution is -2.50. The average Bonchev–Trinajstić information content (AvgIpc) is 3.02. The summed E-state index contributed by atoms with van der Waals surface area (Å²) in [6, 6.07) is 0. The van der Waals surface area contributed by atoms with Crippen LogP contribution >= 0.6 is 0 Å². The Labute approximate surface area is 126 Å². The number of nitrogens with zero attached hydrogens (tertiary/aromatic N) is 4. The van der Waals surface area contributed by atoms with Crippen molar-refractivity contribution in [2.24, 2.45) is 5.92 Å². The SMILES string of the molecule is CC(C)[C@]1(CO)O[C@@H](n2cnc3c(N)ncnc32)C(O)C1O. The van der Waals surface area contributed by atoms with Crippen molar-refractivity contribution in [3.8, 4) is 0 Å². The van der Waals surface area contributed by atoms with Crippen molar-refractivity contribution in [2.75, 3.05) is 12.3 Å². The van der Waals surface area contributed by atoms with Gasteiger partial charge < -0.3 is 25.8 Å². The second-order valence-electron chi connectivity index (χ2n) is 5.79. The molecule has 0 amide bonds. The van der Waals surface area contributed by atoms with E-state index >= 15 is 0 Å². The Morgan fingerprint density at radius 1 is 1.36 bits per heavy atom. The predicted octanol–water partition coefficient (Wildman–Crippen LogP) is -0.954. The number of anilines is 1. The first kappa shape index (κ1) is 15.1. The summed E-state index contributed by atoms with van der Waals surface area (Å²) in [6.07, 6.45) is -0.689. The minimum Gasteiger partial charge on any atom is -0.393 e. The van der Waals surface area contributed by atoms with E-state index in [1.54, 1.807) is 13.8 Å². The Hall–Kier alpha value is -1.81. The topological polar surface area (TPSA) is 140 Å². The number of hydrogen-bond acceptors (Lipinski definition) is 8. The van der Waals surface area contributed by atoms with E-state index in [1.807, 2.05) is 0 Å². The molecule has 22 heavy (non-hydrogen) atoms. The van der Waals surface area contributed by atoms with Gasteiger partial charge in [-0.15, -0.1) is 0 Å². The quantitative estimate of drug-likeness (QED) is 0.569. The molecule has 9 nitrogen and oxygen atoms in total. The number of aliphatic hydroxyl groups is 3. The Balaban J connectivity index is 2.06. The molecular formula is C13H19N5O4. The van der Waals surface area contributed by atoms with Crippen molar-refractivity contribution >= 4 is 17.0 Å². The van der Waals surface area contributed by atoms with E-state index in [9.17, 15) is 15.3 Å². The molecule has 0 bridgehead atoms. The molecule has 1 saturated heterocycles. The van der Waals surface area contributed by atoms with Crippen LogP contribution in [0.2, 0.25) is 0 Å². The normalized spacial score (nSPS) is 32.2. The number of fused-ring (bicyclic) bond motifs is 1. The highest BCUT2D eigenvalue weighted by molar-refractivity contribution is 5.81. The molecule has 2 aromatic heterocycles. The number of ether oxygens (including phenoxy) is 1. The number of rotatable bonds is 3. The van der Waals surface area contributed by atoms with Gasteiger partial charge >= 0.3 is 0 Å². The van der Waals surface area contributed by atoms with Crippen molar-refractivity contribution in [3.05, 3.63) is 12.7 Å². The first-order chi connectivity index (χ1) is 10.4. The minimum absolute atomic E-state index is 0.207. The lowest BCUT2D eigenvalue weighted by molar-refractivity contribution is -0.152. The van der Waals surface area contributed by atoms with Crippen LogP contribution in [0, 0.1) is 5.92 Å². The molecule has 9 heteroatoms. The Morgan fingerprint density at radius 3 is 2.68 bits per heavy atom. The van der Waals surface area contributed by atoms with E-state index in [-0.39, 0.29) is 11.7 Å². The molecule has 2 aromatic rings. The van der Waals surface area contributed by atoms with E-state index < -0.39 is 30.6 Å². The lowest BCUT2D eigenvalue weighted by atomic mass is 9.85. The third-order valence-electron chi connectivity index (χ3n) is 4.34. The van der Waals surface area contributed by atoms with Crippen molar-refractivity contribution in [3.63, 3.8) is 0 Å². The van der Waals surface area contributed by atoms with E-state index in [0.29, 0.717) is 11.2 Å². The van der Waals surface area contributed by atoms with Gasteiger partial charge in [-0.3, -0.25) is 4.57 Å². The Morgan fingerprint density at radius 2 is 2.09 bits per heavy atom. The zero-order valence-corrected chi connectivity index (χ0v) is 12.3. The number of imidazole rings is 1. The molecule has 5 N–H and O–H groups in total. The molecule has 0 aromatic carbocycles. The van der Waals surface area contributed by atoms with Crippen LogP contribution in [0.15, 0.2) is 12.7 Å². The summed E-state index contributed by atoms with van der Waals surface area (Å²) in [5, 5.41) is 30.4. The summed E-state index contributed by atoms with van der Waals surface area (Å²) in [5.74, 6) is 0.00990. The van der Waals surface area contributed by atoms with Gasteiger partial charge in [0.2, 0.25) is 0 Å². The maximum atomic E-state index is 10.4. The zero-order valence-electron chi connectivity index (χ0n) is 12.3. The number of hydrogen-bond donors (Lipinski definition) is 4. The monoisotopic (exact) mass is 309 g/mol. The van der Waals surface area contributed by atoms with E-state index in [2.05, 4.69) is 15.0 Å². The standard InChI is InChI=1S/C13H19N5O4/c1-6(2)13(3-19)9(21)8(20)12(22-13)18-5-17-7-10(14)15-4-16-11(7)18/h4-6,8-9,12,19-21H,3H2,1-2H3,(H2,14,15,16)/t8?,9?,12-,13+/m1/s1. The third kappa shape index (κ3) is 1.90. The van der Waals surface area contributed by atoms with Gasteiger partial charge in [0.1, 0.15) is 29.7 Å². The summed E-state index contributed by atoms with van der Waals surface area (Å²) in [5.41, 5.74) is 5.27. The van der Waals surface area contributed by atoms with Crippen LogP contribution in [-0.4, -0.2) is 59.3 Å². The second-order valence-corrected chi connectivity index (χ2v) is 5.79. The first-order valence-corrected chi connectivity index (χ1v) is 7.00. The molecule has 0 spiro atoms. The van der Waals surface area contributed by atoms with Crippen LogP contribution in [0.4, 0.5) is 5.82 Å². The maximum Gasteiger partial charge on any atom is 0.167 e. The number of aliphatic hydroxyl groups excluding tert-OH is 3. The van der Waals surface area contributed by atoms with E-state index in [4.69, 9.17) is 10.5 Å². The van der Waals surface area contributed by atoms with E-state index in [0.717, 1.165) is 0 Å². The fourth-order valence-corrected chi connectivity index (χ4v) is 2.88. The molecule has 1 fully saturated rings.